The first-order valence-electron chi connectivity index (χ1n) is 19.0. The normalized spacial score (nSPS) is 11.6. The monoisotopic (exact) mass is 733 g/mol. The molecule has 0 aliphatic heterocycles. The van der Waals surface area contributed by atoms with Gasteiger partial charge in [-0.2, -0.15) is 0 Å². The highest BCUT2D eigenvalue weighted by atomic mass is 19.1. The molecule has 0 unspecified atom stereocenters. The third kappa shape index (κ3) is 5.49. The third-order valence-electron chi connectivity index (χ3n) is 10.9. The van der Waals surface area contributed by atoms with Gasteiger partial charge in [-0.3, -0.25) is 0 Å². The summed E-state index contributed by atoms with van der Waals surface area (Å²) in [6.45, 7) is 0. The second-order valence-electron chi connectivity index (χ2n) is 14.2. The van der Waals surface area contributed by atoms with Gasteiger partial charge in [-0.15, -0.1) is 0 Å². The lowest BCUT2D eigenvalue weighted by Gasteiger charge is -2.16. The summed E-state index contributed by atoms with van der Waals surface area (Å²) in [5.74, 6) is 1.37. The van der Waals surface area contributed by atoms with E-state index in [4.69, 9.17) is 15.0 Å². The van der Waals surface area contributed by atoms with Gasteiger partial charge in [0.1, 0.15) is 5.82 Å². The molecule has 0 radical (unpaired) electrons. The SMILES string of the molecule is Fc1ccc(-c2ccc(-n3c4ccccc4c4ccc(-n5c6ccccc6c6ccccc65)cc43)cc2-c2nc(-c3ccccc3)nc(-c3ccccc3)n2)cc1. The quantitative estimate of drug-likeness (QED) is 0.171. The maximum Gasteiger partial charge on any atom is 0.164 e. The molecule has 5 nitrogen and oxygen atoms in total. The van der Waals surface area contributed by atoms with Crippen LogP contribution in [0.5, 0.6) is 0 Å². The zero-order chi connectivity index (χ0) is 37.9. The molecule has 0 bridgehead atoms. The molecule has 268 valence electrons. The molecule has 0 aliphatic rings. The minimum absolute atomic E-state index is 0.292. The van der Waals surface area contributed by atoms with Gasteiger partial charge >= 0.3 is 0 Å². The Bertz CT molecular complexity index is 3180. The summed E-state index contributed by atoms with van der Waals surface area (Å²) < 4.78 is 19.0. The molecule has 0 aliphatic carbocycles. The van der Waals surface area contributed by atoms with E-state index in [-0.39, 0.29) is 5.82 Å². The first kappa shape index (κ1) is 32.7. The van der Waals surface area contributed by atoms with Gasteiger partial charge in [0.05, 0.1) is 22.1 Å². The molecule has 3 heterocycles. The molecule has 57 heavy (non-hydrogen) atoms. The second kappa shape index (κ2) is 13.3. The number of hydrogen-bond donors (Lipinski definition) is 0. The van der Waals surface area contributed by atoms with E-state index in [1.165, 1.54) is 22.9 Å². The van der Waals surface area contributed by atoms with Crippen molar-refractivity contribution in [2.45, 2.75) is 0 Å². The summed E-state index contributed by atoms with van der Waals surface area (Å²) in [6.07, 6.45) is 0. The lowest BCUT2D eigenvalue weighted by atomic mass is 9.98. The van der Waals surface area contributed by atoms with E-state index in [1.54, 1.807) is 0 Å². The summed E-state index contributed by atoms with van der Waals surface area (Å²) in [5, 5.41) is 4.74. The van der Waals surface area contributed by atoms with Gasteiger partial charge in [0.15, 0.2) is 17.5 Å². The van der Waals surface area contributed by atoms with Crippen LogP contribution in [0.25, 0.3) is 100 Å². The van der Waals surface area contributed by atoms with Gasteiger partial charge in [-0.05, 0) is 65.7 Å². The Morgan fingerprint density at radius 2 is 0.754 bits per heavy atom. The van der Waals surface area contributed by atoms with Crippen LogP contribution in [0.1, 0.15) is 0 Å². The molecule has 11 aromatic rings. The Balaban J connectivity index is 1.18. The van der Waals surface area contributed by atoms with E-state index >= 15 is 0 Å². The number of halogens is 1. The zero-order valence-corrected chi connectivity index (χ0v) is 30.6. The minimum atomic E-state index is -0.292. The van der Waals surface area contributed by atoms with Crippen LogP contribution in [-0.4, -0.2) is 24.1 Å². The second-order valence-corrected chi connectivity index (χ2v) is 14.2. The Morgan fingerprint density at radius 1 is 0.316 bits per heavy atom. The average Bonchev–Trinajstić information content (AvgIpc) is 3.79. The van der Waals surface area contributed by atoms with Crippen LogP contribution >= 0.6 is 0 Å². The van der Waals surface area contributed by atoms with Gasteiger partial charge in [-0.25, -0.2) is 19.3 Å². The Hall–Kier alpha value is -7.70. The molecular weight excluding hydrogens is 702 g/mol. The number of nitrogens with zero attached hydrogens (tertiary/aromatic N) is 5. The van der Waals surface area contributed by atoms with Crippen LogP contribution in [0.3, 0.4) is 0 Å². The number of para-hydroxylation sites is 3. The van der Waals surface area contributed by atoms with Crippen LogP contribution in [0, 0.1) is 5.82 Å². The van der Waals surface area contributed by atoms with Crippen molar-refractivity contribution >= 4 is 43.6 Å². The van der Waals surface area contributed by atoms with E-state index in [9.17, 15) is 4.39 Å². The lowest BCUT2D eigenvalue weighted by Crippen LogP contribution is -2.02. The van der Waals surface area contributed by atoms with Crippen molar-refractivity contribution < 1.29 is 4.39 Å². The van der Waals surface area contributed by atoms with Crippen molar-refractivity contribution in [3.63, 3.8) is 0 Å². The maximum atomic E-state index is 14.3. The highest BCUT2D eigenvalue weighted by molar-refractivity contribution is 6.12. The van der Waals surface area contributed by atoms with Crippen LogP contribution in [0.4, 0.5) is 4.39 Å². The molecule has 0 saturated carbocycles. The lowest BCUT2D eigenvalue weighted by molar-refractivity contribution is 0.628. The van der Waals surface area contributed by atoms with Gasteiger partial charge in [0.25, 0.3) is 0 Å². The molecular formula is C51H32FN5. The first-order chi connectivity index (χ1) is 28.2. The summed E-state index contributed by atoms with van der Waals surface area (Å²) in [5.41, 5.74) is 10.8. The number of aromatic nitrogens is 5. The molecule has 8 aromatic carbocycles. The van der Waals surface area contributed by atoms with Crippen LogP contribution in [0.15, 0.2) is 194 Å². The minimum Gasteiger partial charge on any atom is -0.309 e. The average molecular weight is 734 g/mol. The molecule has 6 heteroatoms. The van der Waals surface area contributed by atoms with Gasteiger partial charge in [0, 0.05) is 49.6 Å². The van der Waals surface area contributed by atoms with Crippen LogP contribution in [0.2, 0.25) is 0 Å². The topological polar surface area (TPSA) is 48.5 Å². The van der Waals surface area contributed by atoms with E-state index in [0.29, 0.717) is 17.5 Å². The van der Waals surface area contributed by atoms with Crippen molar-refractivity contribution in [3.05, 3.63) is 200 Å². The summed E-state index contributed by atoms with van der Waals surface area (Å²) >= 11 is 0. The fraction of sp³-hybridized carbons (Fsp3) is 0. The van der Waals surface area contributed by atoms with Crippen molar-refractivity contribution in [2.75, 3.05) is 0 Å². The van der Waals surface area contributed by atoms with E-state index in [2.05, 4.69) is 118 Å². The van der Waals surface area contributed by atoms with Gasteiger partial charge in [0.2, 0.25) is 0 Å². The fourth-order valence-electron chi connectivity index (χ4n) is 8.24. The van der Waals surface area contributed by atoms with E-state index in [0.717, 1.165) is 72.0 Å². The van der Waals surface area contributed by atoms with Crippen molar-refractivity contribution in [2.24, 2.45) is 0 Å². The molecule has 11 rings (SSSR count). The Labute approximate surface area is 327 Å². The number of hydrogen-bond acceptors (Lipinski definition) is 3. The van der Waals surface area contributed by atoms with Gasteiger partial charge in [-0.1, -0.05) is 140 Å². The Morgan fingerprint density at radius 3 is 1.32 bits per heavy atom. The smallest absolute Gasteiger partial charge is 0.164 e. The van der Waals surface area contributed by atoms with Crippen molar-refractivity contribution in [1.82, 2.24) is 24.1 Å². The van der Waals surface area contributed by atoms with Crippen LogP contribution in [-0.2, 0) is 0 Å². The van der Waals surface area contributed by atoms with E-state index in [1.807, 2.05) is 72.8 Å². The highest BCUT2D eigenvalue weighted by Gasteiger charge is 2.20. The molecule has 0 saturated heterocycles. The fourth-order valence-corrected chi connectivity index (χ4v) is 8.24. The summed E-state index contributed by atoms with van der Waals surface area (Å²) in [4.78, 5) is 15.3. The van der Waals surface area contributed by atoms with Crippen LogP contribution < -0.4 is 0 Å². The summed E-state index contributed by atoms with van der Waals surface area (Å²) in [6, 6.07) is 65.5. The largest absolute Gasteiger partial charge is 0.309 e. The number of benzene rings is 8. The predicted octanol–water partition coefficient (Wildman–Crippen LogP) is 12.9. The standard InChI is InChI=1S/C51H32FN5/c52-36-25-23-33(24-26-36)39-29-27-37(31-44(39)51-54-49(34-13-3-1-4-14-34)53-50(55-51)35-15-5-2-6-16-35)57-47-22-12-9-19-42(47)43-30-28-38(32-48(43)57)56-45-20-10-7-17-40(45)41-18-8-11-21-46(41)56/h1-32H. The predicted molar refractivity (Wildman–Crippen MR) is 230 cm³/mol. The highest BCUT2D eigenvalue weighted by Crippen LogP contribution is 2.39. The molecule has 0 atom stereocenters. The van der Waals surface area contributed by atoms with Crippen molar-refractivity contribution in [1.29, 1.82) is 0 Å². The van der Waals surface area contributed by atoms with E-state index < -0.39 is 0 Å². The molecule has 0 spiro atoms. The number of rotatable bonds is 6. The molecule has 3 aromatic heterocycles. The zero-order valence-electron chi connectivity index (χ0n) is 30.6. The molecule has 0 fully saturated rings. The Kier molecular flexibility index (Phi) is 7.60. The maximum absolute atomic E-state index is 14.3. The van der Waals surface area contributed by atoms with Gasteiger partial charge < -0.3 is 9.13 Å². The van der Waals surface area contributed by atoms with Crippen molar-refractivity contribution in [3.8, 4) is 56.7 Å². The third-order valence-corrected chi connectivity index (χ3v) is 10.9. The first-order valence-corrected chi connectivity index (χ1v) is 19.0. The molecule has 0 amide bonds. The molecule has 0 N–H and O–H groups in total. The number of fused-ring (bicyclic) bond motifs is 6. The summed E-state index contributed by atoms with van der Waals surface area (Å²) in [7, 11) is 0.